The number of benzene rings is 1. The second-order valence-electron chi connectivity index (χ2n) is 4.38. The number of ether oxygens (including phenoxy) is 1. The fourth-order valence-corrected chi connectivity index (χ4v) is 2.20. The highest BCUT2D eigenvalue weighted by molar-refractivity contribution is 5.15. The molecule has 1 aromatic rings. The zero-order valence-corrected chi connectivity index (χ0v) is 9.58. The van der Waals surface area contributed by atoms with E-state index in [1.807, 2.05) is 12.1 Å². The first-order valence-electron chi connectivity index (χ1n) is 5.78. The fraction of sp³-hybridized carbons (Fsp3) is 0.538. The molecule has 0 radical (unpaired) electrons. The van der Waals surface area contributed by atoms with Gasteiger partial charge in [0.1, 0.15) is 5.82 Å². The van der Waals surface area contributed by atoms with Crippen LogP contribution in [0.1, 0.15) is 24.8 Å². The maximum Gasteiger partial charge on any atom is 0.123 e. The van der Waals surface area contributed by atoms with Crippen molar-refractivity contribution in [3.8, 4) is 0 Å². The molecule has 0 aliphatic heterocycles. The third-order valence-corrected chi connectivity index (χ3v) is 3.23. The highest BCUT2D eigenvalue weighted by atomic mass is 19.1. The molecule has 2 nitrogen and oxygen atoms in total. The maximum atomic E-state index is 12.7. The lowest BCUT2D eigenvalue weighted by molar-refractivity contribution is 0.107. The van der Waals surface area contributed by atoms with Crippen LogP contribution in [0.2, 0.25) is 0 Å². The average molecular weight is 223 g/mol. The lowest BCUT2D eigenvalue weighted by Crippen LogP contribution is -2.26. The summed E-state index contributed by atoms with van der Waals surface area (Å²) in [5, 5.41) is 3.48. The number of methoxy groups -OCH3 is 1. The standard InChI is InChI=1S/C13H18FNO/c1-16-13-7-6-12(8-13)15-9-10-2-4-11(14)5-3-10/h2-5,12-13,15H,6-9H2,1H3. The predicted molar refractivity (Wildman–Crippen MR) is 61.7 cm³/mol. The van der Waals surface area contributed by atoms with Gasteiger partial charge in [0, 0.05) is 19.7 Å². The molecule has 1 N–H and O–H groups in total. The van der Waals surface area contributed by atoms with Crippen molar-refractivity contribution in [2.75, 3.05) is 7.11 Å². The number of nitrogens with one attached hydrogen (secondary N) is 1. The van der Waals surface area contributed by atoms with Gasteiger partial charge in [-0.05, 0) is 37.0 Å². The van der Waals surface area contributed by atoms with Gasteiger partial charge in [-0.1, -0.05) is 12.1 Å². The van der Waals surface area contributed by atoms with E-state index >= 15 is 0 Å². The molecule has 1 fully saturated rings. The van der Waals surface area contributed by atoms with Gasteiger partial charge < -0.3 is 10.1 Å². The van der Waals surface area contributed by atoms with E-state index in [2.05, 4.69) is 5.32 Å². The molecule has 2 unspecified atom stereocenters. The molecule has 1 aliphatic rings. The number of halogens is 1. The van der Waals surface area contributed by atoms with Crippen LogP contribution in [0.4, 0.5) is 4.39 Å². The van der Waals surface area contributed by atoms with Crippen LogP contribution in [0.15, 0.2) is 24.3 Å². The summed E-state index contributed by atoms with van der Waals surface area (Å²) in [6.45, 7) is 0.807. The van der Waals surface area contributed by atoms with E-state index in [9.17, 15) is 4.39 Å². The van der Waals surface area contributed by atoms with Crippen LogP contribution in [0.5, 0.6) is 0 Å². The highest BCUT2D eigenvalue weighted by Crippen LogP contribution is 2.21. The summed E-state index contributed by atoms with van der Waals surface area (Å²) in [4.78, 5) is 0. The topological polar surface area (TPSA) is 21.3 Å². The SMILES string of the molecule is COC1CCC(NCc2ccc(F)cc2)C1. The normalized spacial score (nSPS) is 24.9. The van der Waals surface area contributed by atoms with E-state index in [0.717, 1.165) is 24.9 Å². The lowest BCUT2D eigenvalue weighted by atomic mass is 10.2. The van der Waals surface area contributed by atoms with Crippen LogP contribution in [-0.2, 0) is 11.3 Å². The molecule has 88 valence electrons. The summed E-state index contributed by atoms with van der Waals surface area (Å²) in [5.74, 6) is -0.177. The third-order valence-electron chi connectivity index (χ3n) is 3.23. The van der Waals surface area contributed by atoms with Crippen molar-refractivity contribution in [1.29, 1.82) is 0 Å². The molecule has 1 saturated carbocycles. The van der Waals surface area contributed by atoms with Gasteiger partial charge in [0.2, 0.25) is 0 Å². The van der Waals surface area contributed by atoms with Crippen molar-refractivity contribution in [3.05, 3.63) is 35.6 Å². The van der Waals surface area contributed by atoms with E-state index in [1.165, 1.54) is 18.6 Å². The molecule has 1 aromatic carbocycles. The van der Waals surface area contributed by atoms with Crippen LogP contribution in [-0.4, -0.2) is 19.3 Å². The number of hydrogen-bond acceptors (Lipinski definition) is 2. The van der Waals surface area contributed by atoms with Crippen LogP contribution < -0.4 is 5.32 Å². The molecule has 0 heterocycles. The Kier molecular flexibility index (Phi) is 3.91. The first-order valence-corrected chi connectivity index (χ1v) is 5.78. The Hall–Kier alpha value is -0.930. The minimum absolute atomic E-state index is 0.177. The summed E-state index contributed by atoms with van der Waals surface area (Å²) in [6, 6.07) is 7.19. The van der Waals surface area contributed by atoms with E-state index in [1.54, 1.807) is 7.11 Å². The zero-order valence-electron chi connectivity index (χ0n) is 9.58. The highest BCUT2D eigenvalue weighted by Gasteiger charge is 2.23. The maximum absolute atomic E-state index is 12.7. The lowest BCUT2D eigenvalue weighted by Gasteiger charge is -2.12. The predicted octanol–water partition coefficient (Wildman–Crippen LogP) is 2.48. The van der Waals surface area contributed by atoms with E-state index in [0.29, 0.717) is 12.1 Å². The molecule has 0 bridgehead atoms. The molecular formula is C13H18FNO. The van der Waals surface area contributed by atoms with Crippen molar-refractivity contribution >= 4 is 0 Å². The van der Waals surface area contributed by atoms with Crippen LogP contribution in [0.3, 0.4) is 0 Å². The molecule has 0 aromatic heterocycles. The largest absolute Gasteiger partial charge is 0.381 e. The van der Waals surface area contributed by atoms with Gasteiger partial charge in [-0.15, -0.1) is 0 Å². The molecule has 2 atom stereocenters. The minimum atomic E-state index is -0.177. The summed E-state index contributed by atoms with van der Waals surface area (Å²) < 4.78 is 18.0. The summed E-state index contributed by atoms with van der Waals surface area (Å²) in [7, 11) is 1.77. The molecule has 1 aliphatic carbocycles. The van der Waals surface area contributed by atoms with E-state index in [-0.39, 0.29) is 5.82 Å². The van der Waals surface area contributed by atoms with E-state index in [4.69, 9.17) is 4.74 Å². The summed E-state index contributed by atoms with van der Waals surface area (Å²) in [5.41, 5.74) is 1.13. The first-order chi connectivity index (χ1) is 7.78. The molecule has 16 heavy (non-hydrogen) atoms. The summed E-state index contributed by atoms with van der Waals surface area (Å²) in [6.07, 6.45) is 3.79. The van der Waals surface area contributed by atoms with Gasteiger partial charge in [-0.25, -0.2) is 4.39 Å². The molecule has 3 heteroatoms. The van der Waals surface area contributed by atoms with Crippen molar-refractivity contribution in [3.63, 3.8) is 0 Å². The van der Waals surface area contributed by atoms with Gasteiger partial charge in [0.05, 0.1) is 6.10 Å². The van der Waals surface area contributed by atoms with Gasteiger partial charge in [-0.2, -0.15) is 0 Å². The van der Waals surface area contributed by atoms with Crippen LogP contribution >= 0.6 is 0 Å². The van der Waals surface area contributed by atoms with Crippen molar-refractivity contribution < 1.29 is 9.13 Å². The van der Waals surface area contributed by atoms with E-state index < -0.39 is 0 Å². The van der Waals surface area contributed by atoms with Crippen LogP contribution in [0, 0.1) is 5.82 Å². The number of hydrogen-bond donors (Lipinski definition) is 1. The molecular weight excluding hydrogens is 205 g/mol. The zero-order chi connectivity index (χ0) is 11.4. The minimum Gasteiger partial charge on any atom is -0.381 e. The average Bonchev–Trinajstić information content (AvgIpc) is 2.76. The Labute approximate surface area is 95.8 Å². The van der Waals surface area contributed by atoms with Gasteiger partial charge in [0.25, 0.3) is 0 Å². The molecule has 0 saturated heterocycles. The monoisotopic (exact) mass is 223 g/mol. The first kappa shape index (κ1) is 11.6. The molecule has 0 amide bonds. The Morgan fingerprint density at radius 3 is 2.69 bits per heavy atom. The second kappa shape index (κ2) is 5.41. The van der Waals surface area contributed by atoms with Crippen LogP contribution in [0.25, 0.3) is 0 Å². The summed E-state index contributed by atoms with van der Waals surface area (Å²) >= 11 is 0. The van der Waals surface area contributed by atoms with Crippen molar-refractivity contribution in [2.24, 2.45) is 0 Å². The Morgan fingerprint density at radius 2 is 2.06 bits per heavy atom. The Bertz CT molecular complexity index is 325. The molecule has 0 spiro atoms. The smallest absolute Gasteiger partial charge is 0.123 e. The van der Waals surface area contributed by atoms with Gasteiger partial charge in [-0.3, -0.25) is 0 Å². The van der Waals surface area contributed by atoms with Gasteiger partial charge in [0.15, 0.2) is 0 Å². The number of rotatable bonds is 4. The van der Waals surface area contributed by atoms with Crippen molar-refractivity contribution in [1.82, 2.24) is 5.32 Å². The fourth-order valence-electron chi connectivity index (χ4n) is 2.20. The van der Waals surface area contributed by atoms with Gasteiger partial charge >= 0.3 is 0 Å². The van der Waals surface area contributed by atoms with Crippen molar-refractivity contribution in [2.45, 2.75) is 38.0 Å². The Morgan fingerprint density at radius 1 is 1.31 bits per heavy atom. The third kappa shape index (κ3) is 3.03. The quantitative estimate of drug-likeness (QED) is 0.846. The molecule has 2 rings (SSSR count). The Balaban J connectivity index is 1.77. The second-order valence-corrected chi connectivity index (χ2v) is 4.38.